The summed E-state index contributed by atoms with van der Waals surface area (Å²) in [7, 11) is -17.6. The van der Waals surface area contributed by atoms with E-state index in [-0.39, 0.29) is 42.2 Å². The summed E-state index contributed by atoms with van der Waals surface area (Å²) in [5, 5.41) is 35.6. The van der Waals surface area contributed by atoms with Crippen molar-refractivity contribution in [1.29, 1.82) is 0 Å². The van der Waals surface area contributed by atoms with E-state index in [0.29, 0.717) is 11.8 Å². The average Bonchev–Trinajstić information content (AvgIpc) is 3.60. The van der Waals surface area contributed by atoms with Crippen molar-refractivity contribution in [1.82, 2.24) is 30.2 Å². The van der Waals surface area contributed by atoms with Crippen LogP contribution >= 0.6 is 35.2 Å². The van der Waals surface area contributed by atoms with Crippen molar-refractivity contribution in [3.8, 4) is 0 Å². The Morgan fingerprint density at radius 3 is 2.39 bits per heavy atom. The van der Waals surface area contributed by atoms with Crippen molar-refractivity contribution in [3.05, 3.63) is 12.7 Å². The van der Waals surface area contributed by atoms with Gasteiger partial charge < -0.3 is 78.9 Å². The number of imidazole rings is 1. The number of phosphoric ester groups is 3. The summed E-state index contributed by atoms with van der Waals surface area (Å²) < 4.78 is 60.2. The molecule has 2 amide bonds. The lowest BCUT2D eigenvalue weighted by Gasteiger charge is -2.36. The summed E-state index contributed by atoms with van der Waals surface area (Å²) in [6.45, 7) is -0.310. The van der Waals surface area contributed by atoms with Gasteiger partial charge in [0.15, 0.2) is 22.8 Å². The van der Waals surface area contributed by atoms with E-state index >= 15 is 0 Å². The van der Waals surface area contributed by atoms with Crippen LogP contribution in [0.5, 0.6) is 0 Å². The molecule has 7 atom stereocenters. The molecular weight excluding hydrogens is 815 g/mol. The van der Waals surface area contributed by atoms with Gasteiger partial charge in [-0.05, 0) is 0 Å². The molecule has 1 fully saturated rings. The number of aliphatic carboxylic acids is 1. The normalized spacial score (nSPS) is 21.9. The van der Waals surface area contributed by atoms with Crippen molar-refractivity contribution in [3.63, 3.8) is 0 Å². The van der Waals surface area contributed by atoms with E-state index < -0.39 is 102 Å². The molecule has 3 heterocycles. The van der Waals surface area contributed by atoms with Crippen LogP contribution in [-0.2, 0) is 55.5 Å². The minimum Gasteiger partial charge on any atom is -0.790 e. The van der Waals surface area contributed by atoms with Gasteiger partial charge >= 0.3 is 0 Å². The molecule has 6 N–H and O–H groups in total. The van der Waals surface area contributed by atoms with Gasteiger partial charge in [-0.15, -0.1) is 0 Å². The molecule has 304 valence electrons. The Labute approximate surface area is 308 Å². The molecule has 0 saturated carbocycles. The number of carboxylic acids is 1. The smallest absolute Gasteiger partial charge is 0.274 e. The first-order chi connectivity index (χ1) is 24.9. The summed E-state index contributed by atoms with van der Waals surface area (Å²) in [5.74, 6) is -3.21. The van der Waals surface area contributed by atoms with Crippen LogP contribution in [0.2, 0.25) is 0 Å². The van der Waals surface area contributed by atoms with E-state index in [2.05, 4.69) is 43.5 Å². The number of aliphatic hydroxyl groups is 2. The van der Waals surface area contributed by atoms with Crippen LogP contribution in [0.25, 0.3) is 11.2 Å². The first-order valence-electron chi connectivity index (χ1n) is 15.1. The number of aliphatic hydroxyl groups excluding tert-OH is 2. The number of fused-ring (bicyclic) bond motifs is 1. The summed E-state index contributed by atoms with van der Waals surface area (Å²) in [5.41, 5.74) is 3.99. The molecule has 3 rings (SSSR count). The lowest BCUT2D eigenvalue weighted by molar-refractivity contribution is -0.347. The fraction of sp³-hybridized carbons (Fsp3) is 0.625. The van der Waals surface area contributed by atoms with Crippen LogP contribution in [-0.4, -0.2) is 109 Å². The quantitative estimate of drug-likeness (QED) is 0.0444. The minimum atomic E-state index is -5.93. The number of carboxylic acid groups (broad SMARTS) is 1. The zero-order chi connectivity index (χ0) is 40.6. The van der Waals surface area contributed by atoms with Crippen molar-refractivity contribution in [2.45, 2.75) is 57.3 Å². The minimum absolute atomic E-state index is 0.00282. The van der Waals surface area contributed by atoms with E-state index in [9.17, 15) is 67.8 Å². The van der Waals surface area contributed by atoms with Crippen LogP contribution in [0, 0.1) is 5.41 Å². The monoisotopic (exact) mass is 848 g/mol. The second kappa shape index (κ2) is 18.8. The molecule has 26 nitrogen and oxygen atoms in total. The summed E-state index contributed by atoms with van der Waals surface area (Å²) in [6.07, 6.45) is -8.60. The molecule has 1 saturated heterocycles. The molecule has 1 aliphatic heterocycles. The lowest BCUT2D eigenvalue weighted by Crippen LogP contribution is -2.46. The molecule has 1 aliphatic rings. The first kappa shape index (κ1) is 45.4. The number of hydrogen-bond donors (Lipinski definition) is 5. The second-order valence-corrected chi connectivity index (χ2v) is 17.0. The molecule has 2 unspecified atom stereocenters. The number of rotatable bonds is 21. The molecule has 0 radical (unpaired) electrons. The van der Waals surface area contributed by atoms with Gasteiger partial charge in [0.25, 0.3) is 15.6 Å². The summed E-state index contributed by atoms with van der Waals surface area (Å²) in [6, 6.07) is 0. The van der Waals surface area contributed by atoms with Gasteiger partial charge in [-0.2, -0.15) is 0 Å². The van der Waals surface area contributed by atoms with Crippen LogP contribution in [0.15, 0.2) is 12.7 Å². The Bertz CT molecular complexity index is 1830. The lowest BCUT2D eigenvalue weighted by atomic mass is 9.87. The third kappa shape index (κ3) is 13.6. The highest BCUT2D eigenvalue weighted by Crippen LogP contribution is 2.56. The number of thioether (sulfide) groups is 1. The van der Waals surface area contributed by atoms with E-state index in [1.54, 1.807) is 0 Å². The number of ether oxygens (including phenoxy) is 1. The largest absolute Gasteiger partial charge is 0.790 e. The van der Waals surface area contributed by atoms with Crippen LogP contribution in [0.1, 0.15) is 32.9 Å². The van der Waals surface area contributed by atoms with E-state index in [0.717, 1.165) is 31.1 Å². The highest BCUT2D eigenvalue weighted by atomic mass is 32.2. The number of aromatic nitrogens is 4. The Hall–Kier alpha value is -2.97. The Kier molecular flexibility index (Phi) is 15.8. The van der Waals surface area contributed by atoms with Crippen molar-refractivity contribution in [2.75, 3.05) is 37.8 Å². The number of nitrogen functional groups attached to an aromatic ring is 1. The molecule has 0 aliphatic carbocycles. The number of carbonyl (C=O) groups excluding carboxylic acids is 4. The number of nitrogens with two attached hydrogens (primary N) is 1. The highest BCUT2D eigenvalue weighted by Gasteiger charge is 2.47. The van der Waals surface area contributed by atoms with Crippen LogP contribution in [0.4, 0.5) is 5.82 Å². The number of carbonyl (C=O) groups is 4. The average molecular weight is 849 g/mol. The zero-order valence-electron chi connectivity index (χ0n) is 27.9. The Morgan fingerprint density at radius 1 is 1.07 bits per heavy atom. The van der Waals surface area contributed by atoms with Crippen LogP contribution < -0.4 is 41.0 Å². The van der Waals surface area contributed by atoms with Crippen molar-refractivity contribution >= 4 is 75.1 Å². The molecular formula is C24H33N7O19P3S-5. The number of phosphoric acid groups is 3. The number of amides is 2. The molecule has 54 heavy (non-hydrogen) atoms. The topological polar surface area (TPSA) is 415 Å². The molecule has 0 bridgehead atoms. The van der Waals surface area contributed by atoms with Gasteiger partial charge in [-0.25, -0.2) is 19.3 Å². The number of nitrogens with one attached hydrogen (secondary N) is 2. The highest BCUT2D eigenvalue weighted by molar-refractivity contribution is 8.13. The van der Waals surface area contributed by atoms with E-state index in [1.807, 2.05) is 0 Å². The fourth-order valence-electron chi connectivity index (χ4n) is 4.44. The first-order valence-corrected chi connectivity index (χ1v) is 20.5. The Balaban J connectivity index is 1.51. The molecule has 30 heteroatoms. The maximum atomic E-state index is 12.5. The van der Waals surface area contributed by atoms with Crippen molar-refractivity contribution < 1.29 is 90.4 Å². The molecule has 2 aromatic heterocycles. The maximum absolute atomic E-state index is 12.5. The summed E-state index contributed by atoms with van der Waals surface area (Å²) >= 11 is 0.666. The van der Waals surface area contributed by atoms with Crippen LogP contribution in [0.3, 0.4) is 0 Å². The predicted octanol–water partition coefficient (Wildman–Crippen LogP) is -5.72. The van der Waals surface area contributed by atoms with Gasteiger partial charge in [-0.3, -0.25) is 28.1 Å². The third-order valence-electron chi connectivity index (χ3n) is 7.03. The fourth-order valence-corrected chi connectivity index (χ4v) is 7.83. The third-order valence-corrected chi connectivity index (χ3v) is 10.9. The van der Waals surface area contributed by atoms with Gasteiger partial charge in [0.05, 0.1) is 33.8 Å². The van der Waals surface area contributed by atoms with Gasteiger partial charge in [-0.1, -0.05) is 25.6 Å². The van der Waals surface area contributed by atoms with E-state index in [4.69, 9.17) is 10.5 Å². The molecule has 0 aromatic carbocycles. The molecule has 2 aromatic rings. The standard InChI is InChI=1S/C24H38N7O19P3S/c1-24(2,19(37)22(38)27-4-3-13(32)26-5-6-54-15(35)7-14(33)34)9-47-53(44,45)50-52(42,43)46-8-12-18(49-51(39,40)41)17(36)23(48-12)31-11-30-16-20(25)28-10-29-21(16)31/h10-12,17-19,23,36-37H,3-9H2,1-2H3,(H,26,32)(H,27,38)(H,33,34)(H,42,43)(H,44,45)(H2,25,28,29)(H2,39,40,41)/p-5/t12-,17-,18-,19+,23-/m1/s1. The molecule has 0 spiro atoms. The van der Waals surface area contributed by atoms with E-state index in [1.165, 1.54) is 0 Å². The SMILES string of the molecule is CC(C)(COP(=O)([O-])OP(=O)([O-])OC[C@H]1O[C@@H](n2cnc3c(N)ncnc32)[C@H](O)[C@@H]1OP(=O)([O-])[O-])[C@@H](O)C(=O)NCCC(=O)NCCSC(=O)CC(=O)[O-]. The number of anilines is 1. The summed E-state index contributed by atoms with van der Waals surface area (Å²) in [4.78, 5) is 105. The van der Waals surface area contributed by atoms with Gasteiger partial charge in [0.1, 0.15) is 36.3 Å². The number of hydrogen-bond acceptors (Lipinski definition) is 24. The van der Waals surface area contributed by atoms with Crippen molar-refractivity contribution in [2.24, 2.45) is 5.41 Å². The van der Waals surface area contributed by atoms with Gasteiger partial charge in [0.2, 0.25) is 11.8 Å². The number of nitrogens with zero attached hydrogens (tertiary/aromatic N) is 4. The zero-order valence-corrected chi connectivity index (χ0v) is 31.4. The van der Waals surface area contributed by atoms with Gasteiger partial charge in [0, 0.05) is 36.6 Å². The maximum Gasteiger partial charge on any atom is 0.274 e. The Morgan fingerprint density at radius 2 is 1.74 bits per heavy atom. The predicted molar refractivity (Wildman–Crippen MR) is 168 cm³/mol. The second-order valence-electron chi connectivity index (χ2n) is 11.8.